The molecule has 5 nitrogen and oxygen atoms in total. The highest BCUT2D eigenvalue weighted by atomic mass is 19.4. The first-order valence-electron chi connectivity index (χ1n) is 7.37. The Kier molecular flexibility index (Phi) is 5.25. The van der Waals surface area contributed by atoms with Crippen LogP contribution in [0.4, 0.5) is 24.9 Å². The molecule has 0 aliphatic rings. The van der Waals surface area contributed by atoms with E-state index in [1.165, 1.54) is 6.07 Å². The van der Waals surface area contributed by atoms with Crippen LogP contribution in [0.1, 0.15) is 31.7 Å². The number of aliphatic hydroxyl groups is 1. The normalized spacial score (nSPS) is 13.3. The van der Waals surface area contributed by atoms with Crippen LogP contribution in [0.5, 0.6) is 0 Å². The van der Waals surface area contributed by atoms with Crippen LogP contribution in [0.2, 0.25) is 0 Å². The summed E-state index contributed by atoms with van der Waals surface area (Å²) in [5.74, 6) is 0.211. The van der Waals surface area contributed by atoms with E-state index in [1.807, 2.05) is 6.92 Å². The quantitative estimate of drug-likeness (QED) is 0.758. The van der Waals surface area contributed by atoms with Crippen molar-refractivity contribution < 1.29 is 18.3 Å². The van der Waals surface area contributed by atoms with Gasteiger partial charge in [-0.1, -0.05) is 19.8 Å². The molecule has 2 aromatic rings. The molecule has 1 aromatic heterocycles. The van der Waals surface area contributed by atoms with Crippen molar-refractivity contribution in [3.8, 4) is 0 Å². The fourth-order valence-electron chi connectivity index (χ4n) is 2.29. The van der Waals surface area contributed by atoms with Crippen LogP contribution in [0.3, 0.4) is 0 Å². The minimum atomic E-state index is -4.45. The number of nitrogen functional groups attached to an aromatic ring is 1. The van der Waals surface area contributed by atoms with Gasteiger partial charge in [-0.3, -0.25) is 0 Å². The highest BCUT2D eigenvalue weighted by Gasteiger charge is 2.31. The molecule has 0 radical (unpaired) electrons. The summed E-state index contributed by atoms with van der Waals surface area (Å²) < 4.78 is 38.4. The summed E-state index contributed by atoms with van der Waals surface area (Å²) in [7, 11) is 0. The predicted octanol–water partition coefficient (Wildman–Crippen LogP) is 3.19. The number of hydrogen-bond acceptors (Lipinski definition) is 5. The third-order valence-corrected chi connectivity index (χ3v) is 3.51. The Balaban J connectivity index is 2.40. The number of aromatic nitrogens is 2. The van der Waals surface area contributed by atoms with Crippen LogP contribution in [-0.2, 0) is 6.18 Å². The largest absolute Gasteiger partial charge is 0.416 e. The van der Waals surface area contributed by atoms with E-state index < -0.39 is 11.7 Å². The molecule has 0 spiro atoms. The number of aliphatic hydroxyl groups excluding tert-OH is 1. The molecule has 1 heterocycles. The molecule has 23 heavy (non-hydrogen) atoms. The molecule has 0 amide bonds. The topological polar surface area (TPSA) is 84.1 Å². The standard InChI is InChI=1S/C15H19F3N4O/c1-2-3-4-10(8-23)20-13-11-6-5-9(15(16,17)18)7-12(11)21-14(19)22-13/h5-7,10,23H,2-4,8H2,1H3,(H3,19,20,21,22). The third-order valence-electron chi connectivity index (χ3n) is 3.51. The molecule has 0 saturated carbocycles. The van der Waals surface area contributed by atoms with Crippen LogP contribution >= 0.6 is 0 Å². The van der Waals surface area contributed by atoms with Gasteiger partial charge in [0.15, 0.2) is 0 Å². The van der Waals surface area contributed by atoms with E-state index in [9.17, 15) is 18.3 Å². The zero-order valence-electron chi connectivity index (χ0n) is 12.7. The van der Waals surface area contributed by atoms with E-state index in [2.05, 4.69) is 15.3 Å². The molecule has 0 saturated heterocycles. The second-order valence-corrected chi connectivity index (χ2v) is 5.33. The molecule has 0 aliphatic heterocycles. The van der Waals surface area contributed by atoms with E-state index in [1.54, 1.807) is 0 Å². The van der Waals surface area contributed by atoms with Gasteiger partial charge >= 0.3 is 6.18 Å². The predicted molar refractivity (Wildman–Crippen MR) is 83.0 cm³/mol. The number of unbranched alkanes of at least 4 members (excludes halogenated alkanes) is 1. The summed E-state index contributed by atoms with van der Waals surface area (Å²) in [5.41, 5.74) is 4.92. The molecule has 126 valence electrons. The molecule has 0 aliphatic carbocycles. The van der Waals surface area contributed by atoms with Crippen molar-refractivity contribution in [1.82, 2.24) is 9.97 Å². The van der Waals surface area contributed by atoms with Crippen molar-refractivity contribution in [3.63, 3.8) is 0 Å². The van der Waals surface area contributed by atoms with Gasteiger partial charge in [0.1, 0.15) is 5.82 Å². The van der Waals surface area contributed by atoms with Crippen LogP contribution in [0.15, 0.2) is 18.2 Å². The van der Waals surface area contributed by atoms with Gasteiger partial charge in [0, 0.05) is 5.39 Å². The number of rotatable bonds is 6. The number of benzene rings is 1. The van der Waals surface area contributed by atoms with E-state index in [0.29, 0.717) is 11.2 Å². The van der Waals surface area contributed by atoms with Crippen LogP contribution < -0.4 is 11.1 Å². The monoisotopic (exact) mass is 328 g/mol. The lowest BCUT2D eigenvalue weighted by atomic mass is 10.1. The van der Waals surface area contributed by atoms with Crippen molar-refractivity contribution in [2.45, 2.75) is 38.4 Å². The summed E-state index contributed by atoms with van der Waals surface area (Å²) in [6.07, 6.45) is -1.84. The van der Waals surface area contributed by atoms with Gasteiger partial charge in [0.05, 0.1) is 23.7 Å². The smallest absolute Gasteiger partial charge is 0.394 e. The number of nitrogens with one attached hydrogen (secondary N) is 1. The Morgan fingerprint density at radius 2 is 2.04 bits per heavy atom. The molecule has 1 unspecified atom stereocenters. The van der Waals surface area contributed by atoms with Crippen LogP contribution in [0, 0.1) is 0 Å². The lowest BCUT2D eigenvalue weighted by molar-refractivity contribution is -0.137. The summed E-state index contributed by atoms with van der Waals surface area (Å²) in [6.45, 7) is 1.93. The Morgan fingerprint density at radius 1 is 1.30 bits per heavy atom. The van der Waals surface area contributed by atoms with Crippen molar-refractivity contribution in [1.29, 1.82) is 0 Å². The molecule has 8 heteroatoms. The second-order valence-electron chi connectivity index (χ2n) is 5.33. The van der Waals surface area contributed by atoms with Crippen LogP contribution in [-0.4, -0.2) is 27.7 Å². The Labute approximate surface area is 131 Å². The number of alkyl halides is 3. The van der Waals surface area contributed by atoms with Crippen molar-refractivity contribution in [2.75, 3.05) is 17.7 Å². The summed E-state index contributed by atoms with van der Waals surface area (Å²) in [4.78, 5) is 7.92. The molecule has 0 fully saturated rings. The average Bonchev–Trinajstić information content (AvgIpc) is 2.49. The highest BCUT2D eigenvalue weighted by Crippen LogP contribution is 2.32. The van der Waals surface area contributed by atoms with Gasteiger partial charge in [-0.15, -0.1) is 0 Å². The number of nitrogens with zero attached hydrogens (tertiary/aromatic N) is 2. The van der Waals surface area contributed by atoms with E-state index >= 15 is 0 Å². The molecular formula is C15H19F3N4O. The lowest BCUT2D eigenvalue weighted by Crippen LogP contribution is -2.24. The van der Waals surface area contributed by atoms with Gasteiger partial charge in [-0.2, -0.15) is 18.2 Å². The minimum absolute atomic E-state index is 0.105. The fourth-order valence-corrected chi connectivity index (χ4v) is 2.29. The highest BCUT2D eigenvalue weighted by molar-refractivity contribution is 5.90. The Hall–Kier alpha value is -2.09. The zero-order valence-corrected chi connectivity index (χ0v) is 12.7. The zero-order chi connectivity index (χ0) is 17.0. The van der Waals surface area contributed by atoms with Gasteiger partial charge in [0.2, 0.25) is 5.95 Å². The molecule has 2 rings (SSSR count). The van der Waals surface area contributed by atoms with E-state index in [0.717, 1.165) is 31.4 Å². The molecule has 1 aromatic carbocycles. The van der Waals surface area contributed by atoms with E-state index in [4.69, 9.17) is 5.73 Å². The number of fused-ring (bicyclic) bond motifs is 1. The average molecular weight is 328 g/mol. The Morgan fingerprint density at radius 3 is 2.65 bits per heavy atom. The molecule has 4 N–H and O–H groups in total. The Bertz CT molecular complexity index is 676. The first-order chi connectivity index (χ1) is 10.8. The first-order valence-corrected chi connectivity index (χ1v) is 7.37. The second kappa shape index (κ2) is 6.99. The first kappa shape index (κ1) is 17.3. The number of nitrogens with two attached hydrogens (primary N) is 1. The van der Waals surface area contributed by atoms with Gasteiger partial charge in [-0.25, -0.2) is 4.98 Å². The number of anilines is 2. The molecule has 0 bridgehead atoms. The maximum atomic E-state index is 12.8. The summed E-state index contributed by atoms with van der Waals surface area (Å²) in [6, 6.07) is 2.99. The van der Waals surface area contributed by atoms with Crippen molar-refractivity contribution in [3.05, 3.63) is 23.8 Å². The minimum Gasteiger partial charge on any atom is -0.394 e. The van der Waals surface area contributed by atoms with E-state index in [-0.39, 0.29) is 24.1 Å². The number of halogens is 3. The fraction of sp³-hybridized carbons (Fsp3) is 0.467. The maximum absolute atomic E-state index is 12.8. The van der Waals surface area contributed by atoms with Gasteiger partial charge in [-0.05, 0) is 24.6 Å². The summed E-state index contributed by atoms with van der Waals surface area (Å²) >= 11 is 0. The van der Waals surface area contributed by atoms with Gasteiger partial charge in [0.25, 0.3) is 0 Å². The lowest BCUT2D eigenvalue weighted by Gasteiger charge is -2.18. The number of hydrogen-bond donors (Lipinski definition) is 3. The van der Waals surface area contributed by atoms with Crippen LogP contribution in [0.25, 0.3) is 10.9 Å². The SMILES string of the molecule is CCCCC(CO)Nc1nc(N)nc2cc(C(F)(F)F)ccc12. The van der Waals surface area contributed by atoms with Gasteiger partial charge < -0.3 is 16.2 Å². The third kappa shape index (κ3) is 4.22. The molecule has 1 atom stereocenters. The molecular weight excluding hydrogens is 309 g/mol. The van der Waals surface area contributed by atoms with Crippen molar-refractivity contribution in [2.24, 2.45) is 0 Å². The summed E-state index contributed by atoms with van der Waals surface area (Å²) in [5, 5.41) is 12.9. The van der Waals surface area contributed by atoms with Crippen molar-refractivity contribution >= 4 is 22.7 Å². The maximum Gasteiger partial charge on any atom is 0.416 e.